The molecule has 64 valence electrons. The van der Waals surface area contributed by atoms with E-state index >= 15 is 0 Å². The van der Waals surface area contributed by atoms with Crippen LogP contribution in [0.15, 0.2) is 0 Å². The zero-order chi connectivity index (χ0) is 7.57. The monoisotopic (exact) mass is 172 g/mol. The maximum Gasteiger partial charge on any atom is 0.0296 e. The summed E-state index contributed by atoms with van der Waals surface area (Å²) < 4.78 is 0. The first-order valence-electron chi connectivity index (χ1n) is 4.45. The molecule has 0 aliphatic carbocycles. The zero-order valence-electron chi connectivity index (χ0n) is 6.86. The van der Waals surface area contributed by atoms with E-state index in [1.807, 2.05) is 0 Å². The fraction of sp³-hybridized carbons (Fsp3) is 1.00. The lowest BCUT2D eigenvalue weighted by atomic mass is 9.86. The van der Waals surface area contributed by atoms with Gasteiger partial charge in [-0.1, -0.05) is 0 Å². The van der Waals surface area contributed by atoms with Gasteiger partial charge in [-0.25, -0.2) is 0 Å². The largest absolute Gasteiger partial charge is 0.316 e. The lowest BCUT2D eigenvalue weighted by Crippen LogP contribution is -2.60. The van der Waals surface area contributed by atoms with E-state index in [0.717, 1.165) is 0 Å². The number of nitrogens with one attached hydrogen (secondary N) is 2. The number of thioether (sulfide) groups is 1. The molecule has 2 rings (SSSR count). The van der Waals surface area contributed by atoms with E-state index in [2.05, 4.69) is 22.4 Å². The Labute approximate surface area is 72.5 Å². The standard InChI is InChI=1S/C8H16N2S/c1-3-9-5-6-11-7-8(1)2-4-10-8/h9-10H,1-7H2. The van der Waals surface area contributed by atoms with Crippen LogP contribution in [0.5, 0.6) is 0 Å². The third-order valence-electron chi connectivity index (χ3n) is 2.69. The normalized spacial score (nSPS) is 39.3. The van der Waals surface area contributed by atoms with Gasteiger partial charge in [0.15, 0.2) is 0 Å². The second-order valence-electron chi connectivity index (χ2n) is 3.51. The third-order valence-corrected chi connectivity index (χ3v) is 3.93. The molecule has 2 aliphatic heterocycles. The Balaban J connectivity index is 1.86. The molecular formula is C8H16N2S. The molecule has 2 fully saturated rings. The summed E-state index contributed by atoms with van der Waals surface area (Å²) in [6.07, 6.45) is 2.71. The molecule has 2 aliphatic rings. The van der Waals surface area contributed by atoms with Crippen molar-refractivity contribution in [3.8, 4) is 0 Å². The Kier molecular flexibility index (Phi) is 2.39. The minimum Gasteiger partial charge on any atom is -0.316 e. The van der Waals surface area contributed by atoms with Gasteiger partial charge in [0.2, 0.25) is 0 Å². The molecule has 11 heavy (non-hydrogen) atoms. The van der Waals surface area contributed by atoms with Crippen LogP contribution in [0.3, 0.4) is 0 Å². The van der Waals surface area contributed by atoms with Crippen molar-refractivity contribution in [2.75, 3.05) is 31.1 Å². The van der Waals surface area contributed by atoms with Gasteiger partial charge in [-0.15, -0.1) is 0 Å². The van der Waals surface area contributed by atoms with Gasteiger partial charge in [0.05, 0.1) is 0 Å². The molecule has 0 aromatic rings. The fourth-order valence-corrected chi connectivity index (χ4v) is 2.97. The highest BCUT2D eigenvalue weighted by Crippen LogP contribution is 2.27. The summed E-state index contributed by atoms with van der Waals surface area (Å²) in [5, 5.41) is 7.02. The summed E-state index contributed by atoms with van der Waals surface area (Å²) >= 11 is 2.09. The van der Waals surface area contributed by atoms with Crippen molar-refractivity contribution in [2.45, 2.75) is 18.4 Å². The van der Waals surface area contributed by atoms with Gasteiger partial charge >= 0.3 is 0 Å². The smallest absolute Gasteiger partial charge is 0.0296 e. The van der Waals surface area contributed by atoms with Crippen LogP contribution in [-0.2, 0) is 0 Å². The Bertz CT molecular complexity index is 124. The molecule has 0 aromatic heterocycles. The van der Waals surface area contributed by atoms with Crippen LogP contribution < -0.4 is 10.6 Å². The fourth-order valence-electron chi connectivity index (χ4n) is 1.75. The minimum atomic E-state index is 0.526. The van der Waals surface area contributed by atoms with Crippen molar-refractivity contribution in [1.82, 2.24) is 10.6 Å². The topological polar surface area (TPSA) is 24.1 Å². The van der Waals surface area contributed by atoms with Crippen molar-refractivity contribution in [3.63, 3.8) is 0 Å². The van der Waals surface area contributed by atoms with E-state index < -0.39 is 0 Å². The SMILES string of the molecule is C1CSCC2(CCN1)CCN2. The maximum absolute atomic E-state index is 3.57. The van der Waals surface area contributed by atoms with Crippen LogP contribution in [0, 0.1) is 0 Å². The molecule has 1 unspecified atom stereocenters. The predicted octanol–water partition coefficient (Wildman–Crippen LogP) is 0.445. The molecule has 0 bridgehead atoms. The molecular weight excluding hydrogens is 156 g/mol. The number of rotatable bonds is 0. The summed E-state index contributed by atoms with van der Waals surface area (Å²) in [6, 6.07) is 0. The Morgan fingerprint density at radius 2 is 2.00 bits per heavy atom. The zero-order valence-corrected chi connectivity index (χ0v) is 7.67. The van der Waals surface area contributed by atoms with Crippen molar-refractivity contribution in [1.29, 1.82) is 0 Å². The molecule has 0 aromatic carbocycles. The molecule has 2 heterocycles. The van der Waals surface area contributed by atoms with Crippen LogP contribution in [0.4, 0.5) is 0 Å². The quantitative estimate of drug-likeness (QED) is 0.554. The highest BCUT2D eigenvalue weighted by molar-refractivity contribution is 7.99. The van der Waals surface area contributed by atoms with E-state index in [4.69, 9.17) is 0 Å². The summed E-state index contributed by atoms with van der Waals surface area (Å²) in [5.41, 5.74) is 0.526. The maximum atomic E-state index is 3.57. The summed E-state index contributed by atoms with van der Waals surface area (Å²) in [7, 11) is 0. The second kappa shape index (κ2) is 3.33. The highest BCUT2D eigenvalue weighted by atomic mass is 32.2. The van der Waals surface area contributed by atoms with E-state index in [0.29, 0.717) is 5.54 Å². The van der Waals surface area contributed by atoms with Crippen molar-refractivity contribution < 1.29 is 0 Å². The molecule has 1 spiro atoms. The Hall–Kier alpha value is 0.270. The van der Waals surface area contributed by atoms with Gasteiger partial charge in [0.25, 0.3) is 0 Å². The van der Waals surface area contributed by atoms with Crippen LogP contribution in [0.25, 0.3) is 0 Å². The van der Waals surface area contributed by atoms with Gasteiger partial charge in [-0.3, -0.25) is 0 Å². The summed E-state index contributed by atoms with van der Waals surface area (Å²) in [5.74, 6) is 2.61. The first kappa shape index (κ1) is 7.90. The average molecular weight is 172 g/mol. The molecule has 1 atom stereocenters. The van der Waals surface area contributed by atoms with Gasteiger partial charge in [0.1, 0.15) is 0 Å². The van der Waals surface area contributed by atoms with Crippen molar-refractivity contribution in [2.24, 2.45) is 0 Å². The van der Waals surface area contributed by atoms with Gasteiger partial charge < -0.3 is 10.6 Å². The van der Waals surface area contributed by atoms with E-state index in [9.17, 15) is 0 Å². The molecule has 0 saturated carbocycles. The van der Waals surface area contributed by atoms with Gasteiger partial charge in [0, 0.05) is 23.6 Å². The van der Waals surface area contributed by atoms with Gasteiger partial charge in [-0.2, -0.15) is 11.8 Å². The molecule has 3 heteroatoms. The third kappa shape index (κ3) is 1.71. The molecule has 0 radical (unpaired) electrons. The molecule has 2 N–H and O–H groups in total. The Morgan fingerprint density at radius 1 is 1.09 bits per heavy atom. The van der Waals surface area contributed by atoms with Crippen LogP contribution >= 0.6 is 11.8 Å². The van der Waals surface area contributed by atoms with Crippen molar-refractivity contribution in [3.05, 3.63) is 0 Å². The predicted molar refractivity (Wildman–Crippen MR) is 50.2 cm³/mol. The summed E-state index contributed by atoms with van der Waals surface area (Å²) in [6.45, 7) is 3.63. The van der Waals surface area contributed by atoms with Crippen LogP contribution in [0.1, 0.15) is 12.8 Å². The van der Waals surface area contributed by atoms with Crippen LogP contribution in [-0.4, -0.2) is 36.7 Å². The first-order valence-corrected chi connectivity index (χ1v) is 5.60. The van der Waals surface area contributed by atoms with E-state index in [-0.39, 0.29) is 0 Å². The first-order chi connectivity index (χ1) is 5.41. The average Bonchev–Trinajstić information content (AvgIpc) is 1.82. The molecule has 2 saturated heterocycles. The van der Waals surface area contributed by atoms with Crippen LogP contribution in [0.2, 0.25) is 0 Å². The van der Waals surface area contributed by atoms with E-state index in [1.54, 1.807) is 0 Å². The number of hydrogen-bond donors (Lipinski definition) is 2. The lowest BCUT2D eigenvalue weighted by molar-refractivity contribution is 0.220. The number of hydrogen-bond acceptors (Lipinski definition) is 3. The molecule has 0 amide bonds. The highest BCUT2D eigenvalue weighted by Gasteiger charge is 2.35. The molecule has 2 nitrogen and oxygen atoms in total. The van der Waals surface area contributed by atoms with Gasteiger partial charge in [-0.05, 0) is 25.9 Å². The Morgan fingerprint density at radius 3 is 2.73 bits per heavy atom. The lowest BCUT2D eigenvalue weighted by Gasteiger charge is -2.44. The van der Waals surface area contributed by atoms with Crippen molar-refractivity contribution >= 4 is 11.8 Å². The summed E-state index contributed by atoms with van der Waals surface area (Å²) in [4.78, 5) is 0. The van der Waals surface area contributed by atoms with E-state index in [1.165, 1.54) is 44.0 Å². The second-order valence-corrected chi connectivity index (χ2v) is 4.61. The minimum absolute atomic E-state index is 0.526.